The summed E-state index contributed by atoms with van der Waals surface area (Å²) in [5.41, 5.74) is 3.95. The third-order valence-corrected chi connectivity index (χ3v) is 10.7. The normalized spacial score (nSPS) is 13.8. The summed E-state index contributed by atoms with van der Waals surface area (Å²) in [7, 11) is -8.33. The number of rotatable bonds is 5. The smallest absolute Gasteiger partial charge is 0.334 e. The van der Waals surface area contributed by atoms with Crippen LogP contribution in [0.1, 0.15) is 20.8 Å². The molecule has 0 aliphatic carbocycles. The van der Waals surface area contributed by atoms with Crippen molar-refractivity contribution in [3.05, 3.63) is 60.7 Å². The Kier molecular flexibility index (Phi) is 5.64. The summed E-state index contributed by atoms with van der Waals surface area (Å²) >= 11 is 0. The molecule has 0 spiro atoms. The number of primary amides is 1. The van der Waals surface area contributed by atoms with E-state index in [9.17, 15) is 17.8 Å². The highest BCUT2D eigenvalue weighted by molar-refractivity contribution is 8.00. The number of hydrogen-bond donors (Lipinski definition) is 1. The average molecular weight is 395 g/mol. The zero-order valence-corrected chi connectivity index (χ0v) is 16.5. The maximum Gasteiger partial charge on any atom is 0.420 e. The molecule has 0 heterocycles. The van der Waals surface area contributed by atoms with Crippen LogP contribution in [0, 0.1) is 5.41 Å². The van der Waals surface area contributed by atoms with Crippen LogP contribution < -0.4 is 16.3 Å². The van der Waals surface area contributed by atoms with Crippen molar-refractivity contribution in [1.29, 1.82) is 0 Å². The summed E-state index contributed by atoms with van der Waals surface area (Å²) < 4.78 is 44.6. The Morgan fingerprint density at radius 3 is 1.65 bits per heavy atom. The standard InChI is InChI=1S/C18H22NO5PS/c1-18(2,3)16(26(22,23)24-17(19)20)25(21,14-10-6-4-7-11-14)15-12-8-5-9-13-15/h4-13,16H,1-3H3,(H2,19,20)/t16-/m1/s1. The molecule has 1 amide bonds. The lowest BCUT2D eigenvalue weighted by Gasteiger charge is -2.35. The lowest BCUT2D eigenvalue weighted by Crippen LogP contribution is -2.42. The molecule has 6 nitrogen and oxygen atoms in total. The average Bonchev–Trinajstić information content (AvgIpc) is 2.53. The molecule has 0 radical (unpaired) electrons. The van der Waals surface area contributed by atoms with E-state index in [1.165, 1.54) is 0 Å². The summed E-state index contributed by atoms with van der Waals surface area (Å²) in [5, 5.41) is 0.727. The number of amides is 1. The molecule has 0 aromatic heterocycles. The second-order valence-corrected chi connectivity index (χ2v) is 11.8. The molecule has 2 aromatic rings. The second kappa shape index (κ2) is 7.25. The van der Waals surface area contributed by atoms with E-state index in [1.807, 2.05) is 0 Å². The van der Waals surface area contributed by atoms with Crippen molar-refractivity contribution in [1.82, 2.24) is 0 Å². The Labute approximate surface area is 153 Å². The molecule has 2 aromatic carbocycles. The highest BCUT2D eigenvalue weighted by atomic mass is 32.2. The van der Waals surface area contributed by atoms with E-state index in [2.05, 4.69) is 4.18 Å². The van der Waals surface area contributed by atoms with Gasteiger partial charge in [-0.25, -0.2) is 4.79 Å². The van der Waals surface area contributed by atoms with Gasteiger partial charge in [-0.3, -0.25) is 0 Å². The van der Waals surface area contributed by atoms with Crippen molar-refractivity contribution in [2.75, 3.05) is 0 Å². The van der Waals surface area contributed by atoms with Crippen LogP contribution in [-0.2, 0) is 18.9 Å². The fraction of sp³-hybridized carbons (Fsp3) is 0.278. The Morgan fingerprint density at radius 1 is 0.962 bits per heavy atom. The Balaban J connectivity index is 2.85. The molecule has 0 fully saturated rings. The molecule has 2 rings (SSSR count). The molecule has 0 unspecified atom stereocenters. The molecule has 0 aliphatic heterocycles. The second-order valence-electron chi connectivity index (χ2n) is 6.94. The van der Waals surface area contributed by atoms with Crippen LogP contribution in [0.4, 0.5) is 4.79 Å². The molecule has 8 heteroatoms. The summed E-state index contributed by atoms with van der Waals surface area (Å²) in [5.74, 6) is 0. The van der Waals surface area contributed by atoms with Crippen LogP contribution in [-0.4, -0.2) is 19.5 Å². The van der Waals surface area contributed by atoms with E-state index >= 15 is 0 Å². The first-order chi connectivity index (χ1) is 12.0. The zero-order valence-electron chi connectivity index (χ0n) is 14.8. The molecular formula is C18H22NO5PS. The van der Waals surface area contributed by atoms with Gasteiger partial charge >= 0.3 is 16.2 Å². The number of carbonyl (C=O) groups is 1. The van der Waals surface area contributed by atoms with Crippen molar-refractivity contribution >= 4 is 34.0 Å². The molecule has 0 saturated heterocycles. The first-order valence-corrected chi connectivity index (χ1v) is 11.2. The molecule has 0 aliphatic rings. The third-order valence-electron chi connectivity index (χ3n) is 3.82. The lowest BCUT2D eigenvalue weighted by atomic mass is 10.00. The summed E-state index contributed by atoms with van der Waals surface area (Å²) in [4.78, 5) is 9.68. The number of carbonyl (C=O) groups excluding carboxylic acids is 1. The van der Waals surface area contributed by atoms with E-state index in [4.69, 9.17) is 5.73 Å². The maximum absolute atomic E-state index is 14.4. The number of nitrogens with two attached hydrogens (primary N) is 1. The minimum absolute atomic E-state index is 0.364. The first-order valence-electron chi connectivity index (χ1n) is 7.93. The number of benzene rings is 2. The van der Waals surface area contributed by atoms with Gasteiger partial charge in [-0.2, -0.15) is 8.42 Å². The van der Waals surface area contributed by atoms with Crippen molar-refractivity contribution in [2.24, 2.45) is 11.1 Å². The first kappa shape index (κ1) is 20.2. The van der Waals surface area contributed by atoms with Crippen molar-refractivity contribution < 1.29 is 22.0 Å². The van der Waals surface area contributed by atoms with Crippen LogP contribution in [0.15, 0.2) is 60.7 Å². The van der Waals surface area contributed by atoms with Gasteiger partial charge < -0.3 is 14.5 Å². The monoisotopic (exact) mass is 395 g/mol. The van der Waals surface area contributed by atoms with Gasteiger partial charge in [0.1, 0.15) is 0 Å². The van der Waals surface area contributed by atoms with Gasteiger partial charge in [0.05, 0.1) is 0 Å². The van der Waals surface area contributed by atoms with Gasteiger partial charge in [0.25, 0.3) is 0 Å². The predicted octanol–water partition coefficient (Wildman–Crippen LogP) is 2.80. The fourth-order valence-corrected chi connectivity index (χ4v) is 9.70. The predicted molar refractivity (Wildman–Crippen MR) is 103 cm³/mol. The van der Waals surface area contributed by atoms with Crippen LogP contribution >= 0.6 is 7.14 Å². The zero-order chi connectivity index (χ0) is 19.6. The molecule has 140 valence electrons. The van der Waals surface area contributed by atoms with Gasteiger partial charge in [-0.1, -0.05) is 81.4 Å². The van der Waals surface area contributed by atoms with E-state index in [-0.39, 0.29) is 0 Å². The summed E-state index contributed by atoms with van der Waals surface area (Å²) in [6, 6.07) is 16.7. The Bertz CT molecular complexity index is 878. The van der Waals surface area contributed by atoms with Crippen LogP contribution in [0.2, 0.25) is 0 Å². The number of hydrogen-bond acceptors (Lipinski definition) is 5. The summed E-state index contributed by atoms with van der Waals surface area (Å²) in [6.45, 7) is 4.91. The Morgan fingerprint density at radius 2 is 1.35 bits per heavy atom. The van der Waals surface area contributed by atoms with Crippen molar-refractivity contribution in [3.63, 3.8) is 0 Å². The topological polar surface area (TPSA) is 104 Å². The van der Waals surface area contributed by atoms with Gasteiger partial charge in [-0.05, 0) is 5.41 Å². The van der Waals surface area contributed by atoms with Crippen molar-refractivity contribution in [3.8, 4) is 0 Å². The van der Waals surface area contributed by atoms with Gasteiger partial charge in [-0.15, -0.1) is 0 Å². The minimum atomic E-state index is -4.57. The van der Waals surface area contributed by atoms with Gasteiger partial charge in [0.2, 0.25) is 0 Å². The fourth-order valence-electron chi connectivity index (χ4n) is 3.04. The molecule has 2 N–H and O–H groups in total. The Hall–Kier alpha value is -2.11. The largest absolute Gasteiger partial charge is 0.420 e. The quantitative estimate of drug-likeness (QED) is 0.619. The highest BCUT2D eigenvalue weighted by Crippen LogP contribution is 2.57. The lowest BCUT2D eigenvalue weighted by molar-refractivity contribution is 0.211. The summed E-state index contributed by atoms with van der Waals surface area (Å²) in [6.07, 6.45) is -1.45. The molecular weight excluding hydrogens is 373 g/mol. The molecule has 1 atom stereocenters. The SMILES string of the molecule is CC(C)(C)[C@H](P(=O)(c1ccccc1)c1ccccc1)S(=O)(=O)OC(N)=O. The van der Waals surface area contributed by atoms with E-state index in [0.29, 0.717) is 10.6 Å². The van der Waals surface area contributed by atoms with Crippen molar-refractivity contribution in [2.45, 2.75) is 25.8 Å². The maximum atomic E-state index is 14.4. The van der Waals surface area contributed by atoms with Crippen LogP contribution in [0.3, 0.4) is 0 Å². The third kappa shape index (κ3) is 4.00. The highest BCUT2D eigenvalue weighted by Gasteiger charge is 2.53. The van der Waals surface area contributed by atoms with Crippen LogP contribution in [0.25, 0.3) is 0 Å². The molecule has 26 heavy (non-hydrogen) atoms. The minimum Gasteiger partial charge on any atom is -0.334 e. The molecule has 0 saturated carbocycles. The van der Waals surface area contributed by atoms with E-state index in [0.717, 1.165) is 0 Å². The van der Waals surface area contributed by atoms with E-state index in [1.54, 1.807) is 81.4 Å². The van der Waals surface area contributed by atoms with Gasteiger partial charge in [0.15, 0.2) is 12.1 Å². The van der Waals surface area contributed by atoms with Gasteiger partial charge in [0, 0.05) is 10.6 Å². The molecule has 0 bridgehead atoms. The van der Waals surface area contributed by atoms with Crippen LogP contribution in [0.5, 0.6) is 0 Å². The van der Waals surface area contributed by atoms with E-state index < -0.39 is 33.8 Å².